The molecule has 0 unspecified atom stereocenters. The molecular formula is C15H23NO3. The molecule has 2 aliphatic carbocycles. The number of carbonyl (C=O) groups is 2. The molecule has 0 spiro atoms. The molecule has 19 heavy (non-hydrogen) atoms. The average molecular weight is 265 g/mol. The standard InChI is InChI=1S/C15H23NO3/c17-14(16-7-3-1-2-4-8-16)12-10-5-6-11(9-10)13(12)15(18)19/h10-13H,1-9H2,(H,18,19)/t10-,11+,12+,13+/m1/s1. The molecule has 2 bridgehead atoms. The predicted octanol–water partition coefficient (Wildman–Crippen LogP) is 2.14. The number of aliphatic carboxylic acids is 1. The van der Waals surface area contributed by atoms with E-state index in [2.05, 4.69) is 0 Å². The van der Waals surface area contributed by atoms with E-state index < -0.39 is 11.9 Å². The lowest BCUT2D eigenvalue weighted by molar-refractivity contribution is -0.152. The van der Waals surface area contributed by atoms with Crippen molar-refractivity contribution in [2.45, 2.75) is 44.9 Å². The van der Waals surface area contributed by atoms with Gasteiger partial charge in [0.25, 0.3) is 0 Å². The van der Waals surface area contributed by atoms with Crippen LogP contribution >= 0.6 is 0 Å². The first-order valence-corrected chi connectivity index (χ1v) is 7.70. The molecule has 4 atom stereocenters. The van der Waals surface area contributed by atoms with Crippen LogP contribution in [0.3, 0.4) is 0 Å². The van der Waals surface area contributed by atoms with Gasteiger partial charge in [-0.1, -0.05) is 12.8 Å². The van der Waals surface area contributed by atoms with Crippen LogP contribution in [0.5, 0.6) is 0 Å². The summed E-state index contributed by atoms with van der Waals surface area (Å²) in [6.07, 6.45) is 7.56. The van der Waals surface area contributed by atoms with Crippen LogP contribution in [0.25, 0.3) is 0 Å². The minimum Gasteiger partial charge on any atom is -0.481 e. The van der Waals surface area contributed by atoms with Gasteiger partial charge in [-0.25, -0.2) is 0 Å². The minimum absolute atomic E-state index is 0.140. The third-order valence-corrected chi connectivity index (χ3v) is 5.40. The summed E-state index contributed by atoms with van der Waals surface area (Å²) < 4.78 is 0. The van der Waals surface area contributed by atoms with Crippen molar-refractivity contribution in [3.8, 4) is 0 Å². The molecular weight excluding hydrogens is 242 g/mol. The molecule has 3 aliphatic rings. The van der Waals surface area contributed by atoms with Crippen LogP contribution in [0.2, 0.25) is 0 Å². The summed E-state index contributed by atoms with van der Waals surface area (Å²) in [6.45, 7) is 1.66. The SMILES string of the molecule is O=C(O)[C@H]1[C@H]2CC[C@H](C2)[C@@H]1C(=O)N1CCCCCC1. The normalized spacial score (nSPS) is 38.2. The zero-order valence-corrected chi connectivity index (χ0v) is 11.4. The monoisotopic (exact) mass is 265 g/mol. The molecule has 1 N–H and O–H groups in total. The van der Waals surface area contributed by atoms with Crippen LogP contribution in [-0.2, 0) is 9.59 Å². The molecule has 0 aromatic rings. The largest absolute Gasteiger partial charge is 0.481 e. The summed E-state index contributed by atoms with van der Waals surface area (Å²) >= 11 is 0. The zero-order chi connectivity index (χ0) is 13.4. The Morgan fingerprint density at radius 1 is 0.895 bits per heavy atom. The predicted molar refractivity (Wildman–Crippen MR) is 70.5 cm³/mol. The fourth-order valence-corrected chi connectivity index (χ4v) is 4.50. The molecule has 3 rings (SSSR count). The van der Waals surface area contributed by atoms with Crippen molar-refractivity contribution in [1.29, 1.82) is 0 Å². The highest BCUT2D eigenvalue weighted by atomic mass is 16.4. The zero-order valence-electron chi connectivity index (χ0n) is 11.4. The first-order valence-electron chi connectivity index (χ1n) is 7.70. The first kappa shape index (κ1) is 12.9. The number of fused-ring (bicyclic) bond motifs is 2. The maximum atomic E-state index is 12.7. The molecule has 4 heteroatoms. The number of amides is 1. The van der Waals surface area contributed by atoms with Crippen molar-refractivity contribution in [1.82, 2.24) is 4.90 Å². The van der Waals surface area contributed by atoms with Gasteiger partial charge in [0.2, 0.25) is 5.91 Å². The van der Waals surface area contributed by atoms with Crippen LogP contribution in [0.4, 0.5) is 0 Å². The first-order chi connectivity index (χ1) is 9.18. The van der Waals surface area contributed by atoms with Gasteiger partial charge in [-0.3, -0.25) is 9.59 Å². The van der Waals surface area contributed by atoms with Gasteiger partial charge in [0.15, 0.2) is 0 Å². The fraction of sp³-hybridized carbons (Fsp3) is 0.867. The Morgan fingerprint density at radius 2 is 1.47 bits per heavy atom. The van der Waals surface area contributed by atoms with Crippen LogP contribution in [0, 0.1) is 23.7 Å². The Balaban J connectivity index is 1.76. The van der Waals surface area contributed by atoms with Crippen molar-refractivity contribution in [2.24, 2.45) is 23.7 Å². The molecule has 0 aromatic heterocycles. The summed E-state index contributed by atoms with van der Waals surface area (Å²) in [6, 6.07) is 0. The Kier molecular flexibility index (Phi) is 3.50. The van der Waals surface area contributed by atoms with E-state index in [0.717, 1.165) is 45.2 Å². The van der Waals surface area contributed by atoms with Gasteiger partial charge >= 0.3 is 5.97 Å². The number of hydrogen-bond acceptors (Lipinski definition) is 2. The smallest absolute Gasteiger partial charge is 0.307 e. The van der Waals surface area contributed by atoms with Crippen molar-refractivity contribution in [3.05, 3.63) is 0 Å². The van der Waals surface area contributed by atoms with Crippen molar-refractivity contribution >= 4 is 11.9 Å². The second kappa shape index (κ2) is 5.14. The van der Waals surface area contributed by atoms with E-state index in [0.29, 0.717) is 5.92 Å². The third kappa shape index (κ3) is 2.26. The highest BCUT2D eigenvalue weighted by Gasteiger charge is 2.54. The Hall–Kier alpha value is -1.06. The fourth-order valence-electron chi connectivity index (χ4n) is 4.50. The summed E-state index contributed by atoms with van der Waals surface area (Å²) in [5, 5.41) is 9.44. The average Bonchev–Trinajstić information content (AvgIpc) is 2.89. The summed E-state index contributed by atoms with van der Waals surface area (Å²) in [5.41, 5.74) is 0. The molecule has 4 nitrogen and oxygen atoms in total. The number of hydrogen-bond donors (Lipinski definition) is 1. The van der Waals surface area contributed by atoms with E-state index in [4.69, 9.17) is 0 Å². The van der Waals surface area contributed by atoms with E-state index in [1.54, 1.807) is 0 Å². The molecule has 2 saturated carbocycles. The van der Waals surface area contributed by atoms with Crippen molar-refractivity contribution in [2.75, 3.05) is 13.1 Å². The lowest BCUT2D eigenvalue weighted by Crippen LogP contribution is -2.44. The van der Waals surface area contributed by atoms with Crippen LogP contribution in [0.1, 0.15) is 44.9 Å². The van der Waals surface area contributed by atoms with Gasteiger partial charge in [0.1, 0.15) is 0 Å². The maximum Gasteiger partial charge on any atom is 0.307 e. The van der Waals surface area contributed by atoms with E-state index in [-0.39, 0.29) is 17.7 Å². The lowest BCUT2D eigenvalue weighted by atomic mass is 9.78. The van der Waals surface area contributed by atoms with Crippen LogP contribution in [0.15, 0.2) is 0 Å². The Morgan fingerprint density at radius 3 is 2.05 bits per heavy atom. The number of rotatable bonds is 2. The van der Waals surface area contributed by atoms with Crippen molar-refractivity contribution < 1.29 is 14.7 Å². The lowest BCUT2D eigenvalue weighted by Gasteiger charge is -2.32. The number of likely N-dealkylation sites (tertiary alicyclic amines) is 1. The minimum atomic E-state index is -0.750. The quantitative estimate of drug-likeness (QED) is 0.832. The summed E-state index contributed by atoms with van der Waals surface area (Å²) in [4.78, 5) is 26.2. The van der Waals surface area contributed by atoms with E-state index in [9.17, 15) is 14.7 Å². The molecule has 0 aromatic carbocycles. The van der Waals surface area contributed by atoms with Crippen LogP contribution < -0.4 is 0 Å². The molecule has 3 fully saturated rings. The van der Waals surface area contributed by atoms with E-state index >= 15 is 0 Å². The number of carboxylic acids is 1. The van der Waals surface area contributed by atoms with E-state index in [1.165, 1.54) is 12.8 Å². The summed E-state index contributed by atoms with van der Waals surface area (Å²) in [5.74, 6) is -0.656. The van der Waals surface area contributed by atoms with Crippen LogP contribution in [-0.4, -0.2) is 35.0 Å². The highest BCUT2D eigenvalue weighted by Crippen LogP contribution is 2.53. The van der Waals surface area contributed by atoms with Gasteiger partial charge in [-0.15, -0.1) is 0 Å². The summed E-state index contributed by atoms with van der Waals surface area (Å²) in [7, 11) is 0. The molecule has 106 valence electrons. The molecule has 1 heterocycles. The highest BCUT2D eigenvalue weighted by molar-refractivity contribution is 5.86. The number of carboxylic acid groups (broad SMARTS) is 1. The second-order valence-corrected chi connectivity index (χ2v) is 6.46. The Bertz CT molecular complexity index is 374. The van der Waals surface area contributed by atoms with Gasteiger partial charge in [0, 0.05) is 13.1 Å². The number of nitrogens with zero attached hydrogens (tertiary/aromatic N) is 1. The number of carbonyl (C=O) groups excluding carboxylic acids is 1. The van der Waals surface area contributed by atoms with Crippen molar-refractivity contribution in [3.63, 3.8) is 0 Å². The van der Waals surface area contributed by atoms with Gasteiger partial charge in [0.05, 0.1) is 11.8 Å². The molecule has 1 amide bonds. The van der Waals surface area contributed by atoms with Gasteiger partial charge < -0.3 is 10.0 Å². The molecule has 0 radical (unpaired) electrons. The maximum absolute atomic E-state index is 12.7. The second-order valence-electron chi connectivity index (χ2n) is 6.46. The topological polar surface area (TPSA) is 57.6 Å². The molecule has 1 saturated heterocycles. The van der Waals surface area contributed by atoms with E-state index in [1.807, 2.05) is 4.90 Å². The molecule has 1 aliphatic heterocycles. The Labute approximate surface area is 114 Å². The van der Waals surface area contributed by atoms with Gasteiger partial charge in [-0.05, 0) is 43.9 Å². The van der Waals surface area contributed by atoms with Gasteiger partial charge in [-0.2, -0.15) is 0 Å². The third-order valence-electron chi connectivity index (χ3n) is 5.40.